The zero-order valence-corrected chi connectivity index (χ0v) is 36.6. The predicted molar refractivity (Wildman–Crippen MR) is 237 cm³/mol. The maximum atomic E-state index is 5.00. The van der Waals surface area contributed by atoms with Crippen LogP contribution in [-0.4, -0.2) is 23.3 Å². The van der Waals surface area contributed by atoms with E-state index < -0.39 is 5.41 Å². The van der Waals surface area contributed by atoms with E-state index in [2.05, 4.69) is 218 Å². The standard InChI is InChI=1S/C53H49N4.Pt/c1-51(2,3)39-26-28-48-49(33-39)57(35-56(48,7)36-57)43-22-16-21-41(31-43)53(37-17-10-8-11-18-37,38-19-12-9-13-20-38)42-25-27-45-44-23-14-15-24-46(44)55(47(45)32-42)50-34-40(29-30-54-50)52(4,5)6;/h8-30,33-35H,36H2,1-7H3;/q-1;/t56-,57+;/m0./s1. The van der Waals surface area contributed by atoms with E-state index in [1.807, 2.05) is 6.20 Å². The van der Waals surface area contributed by atoms with Crippen molar-refractivity contribution in [1.29, 1.82) is 0 Å². The number of aromatic nitrogens is 2. The predicted octanol–water partition coefficient (Wildman–Crippen LogP) is 12.4. The molecular weight excluding hydrogens is 888 g/mol. The molecule has 2 aromatic heterocycles. The van der Waals surface area contributed by atoms with Crippen molar-refractivity contribution in [2.24, 2.45) is 0 Å². The molecule has 0 saturated carbocycles. The minimum Gasteiger partial charge on any atom is -0.325 e. The van der Waals surface area contributed by atoms with Crippen molar-refractivity contribution in [1.82, 2.24) is 18.5 Å². The quantitative estimate of drug-likeness (QED) is 0.0923. The van der Waals surface area contributed by atoms with E-state index in [-0.39, 0.29) is 31.9 Å². The van der Waals surface area contributed by atoms with Crippen LogP contribution in [0, 0.1) is 18.8 Å². The number of benzene rings is 6. The summed E-state index contributed by atoms with van der Waals surface area (Å²) in [6.45, 7) is 17.1. The molecule has 1 saturated heterocycles. The van der Waals surface area contributed by atoms with Gasteiger partial charge in [0.05, 0.1) is 13.7 Å². The maximum Gasteiger partial charge on any atom is 0.179 e. The summed E-state index contributed by atoms with van der Waals surface area (Å²) < 4.78 is 3.81. The molecule has 58 heavy (non-hydrogen) atoms. The molecule has 6 aromatic carbocycles. The van der Waals surface area contributed by atoms with Crippen LogP contribution in [0.4, 0.5) is 17.1 Å². The molecule has 3 aliphatic heterocycles. The zero-order chi connectivity index (χ0) is 39.4. The van der Waals surface area contributed by atoms with Crippen LogP contribution in [0.25, 0.3) is 27.6 Å². The van der Waals surface area contributed by atoms with E-state index in [1.165, 1.54) is 39.0 Å². The van der Waals surface area contributed by atoms with E-state index in [0.717, 1.165) is 50.2 Å². The van der Waals surface area contributed by atoms with Gasteiger partial charge in [0, 0.05) is 56.0 Å². The molecule has 5 heteroatoms. The fourth-order valence-electron chi connectivity index (χ4n) is 9.74. The SMILES string of the molecule is CC(C)(C)c1ccnc(-n2c3[c-]c(C(c4[c-]c([N@@+]56[CH-][N@@+](C)(C5)c5ccc(C(C)(C)C)cc56)ccc4)(c4ccccc4)c4ccccc4)ccc3c3ccccc32)c1.[Pt]. The first-order valence-electron chi connectivity index (χ1n) is 20.2. The first-order valence-corrected chi connectivity index (χ1v) is 20.2. The molecule has 8 aromatic rings. The van der Waals surface area contributed by atoms with Crippen molar-refractivity contribution >= 4 is 38.9 Å². The van der Waals surface area contributed by atoms with Gasteiger partial charge in [-0.25, -0.2) is 4.98 Å². The average Bonchev–Trinajstić information content (AvgIpc) is 3.77. The van der Waals surface area contributed by atoms with Crippen molar-refractivity contribution in [3.63, 3.8) is 0 Å². The second-order valence-corrected chi connectivity index (χ2v) is 18.4. The maximum absolute atomic E-state index is 5.00. The van der Waals surface area contributed by atoms with Crippen molar-refractivity contribution in [3.8, 4) is 5.82 Å². The van der Waals surface area contributed by atoms with Gasteiger partial charge in [-0.2, -0.15) is 30.3 Å². The molecule has 0 spiro atoms. The van der Waals surface area contributed by atoms with Crippen LogP contribution in [0.3, 0.4) is 0 Å². The summed E-state index contributed by atoms with van der Waals surface area (Å²) in [4.78, 5) is 5.00. The van der Waals surface area contributed by atoms with Gasteiger partial charge in [-0.15, -0.1) is 28.6 Å². The summed E-state index contributed by atoms with van der Waals surface area (Å²) in [6.07, 6.45) is 1.95. The van der Waals surface area contributed by atoms with Crippen LogP contribution in [0.2, 0.25) is 0 Å². The fraction of sp³-hybridized carbons (Fsp3) is 0.208. The van der Waals surface area contributed by atoms with E-state index in [1.54, 1.807) is 0 Å². The Morgan fingerprint density at radius 1 is 0.586 bits per heavy atom. The van der Waals surface area contributed by atoms with Crippen LogP contribution >= 0.6 is 0 Å². The molecule has 11 rings (SSSR count). The van der Waals surface area contributed by atoms with Crippen LogP contribution < -0.4 is 8.97 Å². The monoisotopic (exact) mass is 936 g/mol. The molecule has 4 nitrogen and oxygen atoms in total. The summed E-state index contributed by atoms with van der Waals surface area (Å²) in [7, 11) is 2.33. The largest absolute Gasteiger partial charge is 0.325 e. The molecule has 2 atom stereocenters. The molecular formula is C53H49N4Pt-. The smallest absolute Gasteiger partial charge is 0.179 e. The van der Waals surface area contributed by atoms with Crippen molar-refractivity contribution in [3.05, 3.63) is 204 Å². The van der Waals surface area contributed by atoms with Gasteiger partial charge in [-0.3, -0.25) is 0 Å². The Kier molecular flexibility index (Phi) is 8.91. The average molecular weight is 937 g/mol. The summed E-state index contributed by atoms with van der Waals surface area (Å²) in [5, 5.41) is 2.34. The topological polar surface area (TPSA) is 17.8 Å². The molecule has 0 radical (unpaired) electrons. The summed E-state index contributed by atoms with van der Waals surface area (Å²) in [5.74, 6) is 0.897. The molecule has 5 heterocycles. The van der Waals surface area contributed by atoms with Crippen molar-refractivity contribution < 1.29 is 21.1 Å². The van der Waals surface area contributed by atoms with Gasteiger partial charge in [-0.1, -0.05) is 132 Å². The minimum atomic E-state index is -0.744. The Morgan fingerprint density at radius 3 is 1.88 bits per heavy atom. The Morgan fingerprint density at radius 2 is 1.21 bits per heavy atom. The number of para-hydroxylation sites is 1. The first kappa shape index (κ1) is 38.4. The van der Waals surface area contributed by atoms with Gasteiger partial charge in [-0.05, 0) is 56.7 Å². The van der Waals surface area contributed by atoms with E-state index >= 15 is 0 Å². The van der Waals surface area contributed by atoms with Crippen molar-refractivity contribution in [2.75, 3.05) is 13.7 Å². The third-order valence-electron chi connectivity index (χ3n) is 12.6. The molecule has 0 amide bonds. The van der Waals surface area contributed by atoms with E-state index in [0.29, 0.717) is 4.48 Å². The van der Waals surface area contributed by atoms with Crippen LogP contribution in [0.5, 0.6) is 0 Å². The number of hydrogen-bond donors (Lipinski definition) is 0. The Hall–Kier alpha value is -5.12. The fourth-order valence-corrected chi connectivity index (χ4v) is 9.74. The molecule has 2 bridgehead atoms. The van der Waals surface area contributed by atoms with Gasteiger partial charge in [0.15, 0.2) is 18.0 Å². The normalized spacial score (nSPS) is 18.8. The van der Waals surface area contributed by atoms with E-state index in [4.69, 9.17) is 4.98 Å². The third kappa shape index (κ3) is 5.63. The number of hydrogen-bond acceptors (Lipinski definition) is 1. The van der Waals surface area contributed by atoms with Gasteiger partial charge in [0.1, 0.15) is 5.82 Å². The first-order chi connectivity index (χ1) is 27.3. The van der Waals surface area contributed by atoms with Crippen LogP contribution in [0.15, 0.2) is 152 Å². The minimum absolute atomic E-state index is 0. The number of quaternary nitrogens is 2. The van der Waals surface area contributed by atoms with Crippen LogP contribution in [0.1, 0.15) is 74.9 Å². The Bertz CT molecular complexity index is 2800. The van der Waals surface area contributed by atoms with Gasteiger partial charge in [0.25, 0.3) is 0 Å². The Balaban J connectivity index is 0.00000436. The Labute approximate surface area is 357 Å². The summed E-state index contributed by atoms with van der Waals surface area (Å²) in [5.41, 5.74) is 12.4. The summed E-state index contributed by atoms with van der Waals surface area (Å²) in [6, 6.07) is 61.8. The zero-order valence-electron chi connectivity index (χ0n) is 34.3. The number of pyridine rings is 1. The second-order valence-electron chi connectivity index (χ2n) is 18.4. The third-order valence-corrected chi connectivity index (χ3v) is 12.6. The molecule has 3 aliphatic rings. The molecule has 0 unspecified atom stereocenters. The number of rotatable bonds is 6. The molecule has 1 fully saturated rings. The van der Waals surface area contributed by atoms with Crippen molar-refractivity contribution in [2.45, 2.75) is 57.8 Å². The van der Waals surface area contributed by atoms with Gasteiger partial charge >= 0.3 is 0 Å². The molecule has 0 aliphatic carbocycles. The number of nitrogens with zero attached hydrogens (tertiary/aromatic N) is 4. The van der Waals surface area contributed by atoms with Gasteiger partial charge < -0.3 is 13.5 Å². The second kappa shape index (κ2) is 13.5. The number of fused-ring (bicyclic) bond motifs is 3. The summed E-state index contributed by atoms with van der Waals surface area (Å²) >= 11 is 0. The van der Waals surface area contributed by atoms with Gasteiger partial charge in [0.2, 0.25) is 0 Å². The molecule has 0 N–H and O–H groups in total. The van der Waals surface area contributed by atoms with E-state index in [9.17, 15) is 0 Å². The van der Waals surface area contributed by atoms with Crippen LogP contribution in [-0.2, 0) is 37.3 Å². The molecule has 292 valence electrons.